The zero-order valence-electron chi connectivity index (χ0n) is 8.38. The lowest BCUT2D eigenvalue weighted by atomic mass is 9.73. The van der Waals surface area contributed by atoms with Crippen molar-refractivity contribution in [2.75, 3.05) is 0 Å². The van der Waals surface area contributed by atoms with Gasteiger partial charge in [0, 0.05) is 0 Å². The molecule has 0 aliphatic heterocycles. The van der Waals surface area contributed by atoms with E-state index >= 15 is 0 Å². The van der Waals surface area contributed by atoms with Crippen molar-refractivity contribution in [3.8, 4) is 0 Å². The second-order valence-electron chi connectivity index (χ2n) is 3.71. The molecule has 1 aliphatic carbocycles. The van der Waals surface area contributed by atoms with Gasteiger partial charge in [-0.2, -0.15) is 0 Å². The van der Waals surface area contributed by atoms with E-state index in [-0.39, 0.29) is 6.42 Å². The Morgan fingerprint density at radius 1 is 1.12 bits per heavy atom. The van der Waals surface area contributed by atoms with Gasteiger partial charge in [-0.15, -0.1) is 0 Å². The molecule has 4 heteroatoms. The zero-order valence-corrected chi connectivity index (χ0v) is 8.38. The minimum Gasteiger partial charge on any atom is -0.480 e. The molecular weight excluding hydrogens is 208 g/mol. The van der Waals surface area contributed by atoms with Crippen LogP contribution >= 0.6 is 0 Å². The van der Waals surface area contributed by atoms with Crippen LogP contribution in [0.5, 0.6) is 0 Å². The van der Waals surface area contributed by atoms with Crippen molar-refractivity contribution < 1.29 is 19.8 Å². The third-order valence-electron chi connectivity index (χ3n) is 2.87. The molecule has 0 amide bonds. The van der Waals surface area contributed by atoms with Crippen LogP contribution in [0.25, 0.3) is 6.08 Å². The van der Waals surface area contributed by atoms with Crippen LogP contribution in [0.3, 0.4) is 0 Å². The highest BCUT2D eigenvalue weighted by atomic mass is 16.4. The standard InChI is InChI=1S/C12H10O4/c13-10(14)12(11(15)16)7-3-5-8-4-1-2-6-9(8)12/h1-6H,7H2,(H,13,14)(H,15,16). The van der Waals surface area contributed by atoms with Gasteiger partial charge in [-0.05, 0) is 17.5 Å². The van der Waals surface area contributed by atoms with Crippen molar-refractivity contribution in [3.05, 3.63) is 41.5 Å². The summed E-state index contributed by atoms with van der Waals surface area (Å²) in [4.78, 5) is 22.5. The van der Waals surface area contributed by atoms with Crippen LogP contribution in [-0.2, 0) is 15.0 Å². The first-order chi connectivity index (χ1) is 7.59. The number of aliphatic carboxylic acids is 2. The molecule has 1 aromatic carbocycles. The van der Waals surface area contributed by atoms with E-state index in [0.717, 1.165) is 0 Å². The summed E-state index contributed by atoms with van der Waals surface area (Å²) in [5.74, 6) is -2.64. The number of fused-ring (bicyclic) bond motifs is 1. The molecule has 82 valence electrons. The maximum absolute atomic E-state index is 11.3. The maximum atomic E-state index is 11.3. The van der Waals surface area contributed by atoms with Gasteiger partial charge in [0.15, 0.2) is 5.41 Å². The number of carboxylic acids is 2. The first-order valence-corrected chi connectivity index (χ1v) is 4.82. The Balaban J connectivity index is 2.71. The summed E-state index contributed by atoms with van der Waals surface area (Å²) in [6, 6.07) is 6.67. The molecule has 0 heterocycles. The van der Waals surface area contributed by atoms with E-state index in [0.29, 0.717) is 11.1 Å². The largest absolute Gasteiger partial charge is 0.480 e. The SMILES string of the molecule is O=C(O)C1(C(=O)O)CC=Cc2ccccc21. The smallest absolute Gasteiger partial charge is 0.325 e. The van der Waals surface area contributed by atoms with E-state index in [1.165, 1.54) is 0 Å². The van der Waals surface area contributed by atoms with Gasteiger partial charge >= 0.3 is 11.9 Å². The number of carboxylic acid groups (broad SMARTS) is 2. The number of carbonyl (C=O) groups is 2. The predicted molar refractivity (Wildman–Crippen MR) is 57.0 cm³/mol. The Labute approximate surface area is 91.8 Å². The summed E-state index contributed by atoms with van der Waals surface area (Å²) in [6.45, 7) is 0. The van der Waals surface area contributed by atoms with Crippen LogP contribution in [-0.4, -0.2) is 22.2 Å². The Morgan fingerprint density at radius 2 is 1.75 bits per heavy atom. The Morgan fingerprint density at radius 3 is 2.38 bits per heavy atom. The van der Waals surface area contributed by atoms with Gasteiger partial charge in [0.25, 0.3) is 0 Å². The summed E-state index contributed by atoms with van der Waals surface area (Å²) >= 11 is 0. The van der Waals surface area contributed by atoms with Crippen LogP contribution < -0.4 is 0 Å². The molecule has 0 atom stereocenters. The van der Waals surface area contributed by atoms with Crippen molar-refractivity contribution in [1.82, 2.24) is 0 Å². The Kier molecular flexibility index (Phi) is 2.27. The second kappa shape index (κ2) is 3.48. The van der Waals surface area contributed by atoms with E-state index in [9.17, 15) is 19.8 Å². The summed E-state index contributed by atoms with van der Waals surface area (Å²) in [7, 11) is 0. The highest BCUT2D eigenvalue weighted by Gasteiger charge is 2.49. The zero-order chi connectivity index (χ0) is 11.8. The number of rotatable bonds is 2. The van der Waals surface area contributed by atoms with E-state index in [1.807, 2.05) is 0 Å². The van der Waals surface area contributed by atoms with E-state index < -0.39 is 17.4 Å². The molecule has 0 radical (unpaired) electrons. The van der Waals surface area contributed by atoms with Crippen molar-refractivity contribution in [3.63, 3.8) is 0 Å². The third kappa shape index (κ3) is 1.23. The number of hydrogen-bond acceptors (Lipinski definition) is 2. The van der Waals surface area contributed by atoms with Crippen LogP contribution in [0.1, 0.15) is 17.5 Å². The van der Waals surface area contributed by atoms with Crippen LogP contribution in [0.2, 0.25) is 0 Å². The molecule has 0 aromatic heterocycles. The Hall–Kier alpha value is -2.10. The van der Waals surface area contributed by atoms with Crippen LogP contribution in [0.4, 0.5) is 0 Å². The van der Waals surface area contributed by atoms with E-state index in [1.54, 1.807) is 36.4 Å². The maximum Gasteiger partial charge on any atom is 0.325 e. The fourth-order valence-electron chi connectivity index (χ4n) is 2.00. The van der Waals surface area contributed by atoms with Crippen molar-refractivity contribution in [2.24, 2.45) is 0 Å². The van der Waals surface area contributed by atoms with Gasteiger partial charge in [-0.25, -0.2) is 0 Å². The summed E-state index contributed by atoms with van der Waals surface area (Å²) in [5.41, 5.74) is -0.846. The van der Waals surface area contributed by atoms with Gasteiger partial charge in [-0.3, -0.25) is 9.59 Å². The lowest BCUT2D eigenvalue weighted by Gasteiger charge is -2.28. The summed E-state index contributed by atoms with van der Waals surface area (Å²) in [6.07, 6.45) is 3.32. The normalized spacial score (nSPS) is 16.5. The lowest BCUT2D eigenvalue weighted by molar-refractivity contribution is -0.157. The molecular formula is C12H10O4. The van der Waals surface area contributed by atoms with Crippen molar-refractivity contribution in [2.45, 2.75) is 11.8 Å². The summed E-state index contributed by atoms with van der Waals surface area (Å²) < 4.78 is 0. The monoisotopic (exact) mass is 218 g/mol. The fourth-order valence-corrected chi connectivity index (χ4v) is 2.00. The van der Waals surface area contributed by atoms with E-state index in [2.05, 4.69) is 0 Å². The van der Waals surface area contributed by atoms with Gasteiger partial charge < -0.3 is 10.2 Å². The highest BCUT2D eigenvalue weighted by molar-refractivity contribution is 6.06. The van der Waals surface area contributed by atoms with Gasteiger partial charge in [0.05, 0.1) is 0 Å². The molecule has 4 nitrogen and oxygen atoms in total. The first kappa shape index (κ1) is 10.4. The molecule has 1 aliphatic rings. The molecule has 16 heavy (non-hydrogen) atoms. The third-order valence-corrected chi connectivity index (χ3v) is 2.87. The quantitative estimate of drug-likeness (QED) is 0.738. The van der Waals surface area contributed by atoms with Crippen LogP contribution in [0.15, 0.2) is 30.3 Å². The number of allylic oxidation sites excluding steroid dienone is 1. The fraction of sp³-hybridized carbons (Fsp3) is 0.167. The summed E-state index contributed by atoms with van der Waals surface area (Å²) in [5, 5.41) is 18.4. The van der Waals surface area contributed by atoms with Crippen molar-refractivity contribution in [1.29, 1.82) is 0 Å². The minimum atomic E-state index is -1.84. The lowest BCUT2D eigenvalue weighted by Crippen LogP contribution is -2.44. The molecule has 0 fully saturated rings. The second-order valence-corrected chi connectivity index (χ2v) is 3.71. The average Bonchev–Trinajstić information content (AvgIpc) is 2.27. The topological polar surface area (TPSA) is 74.6 Å². The minimum absolute atomic E-state index is 0.0192. The molecule has 0 unspecified atom stereocenters. The number of benzene rings is 1. The molecule has 0 saturated heterocycles. The van der Waals surface area contributed by atoms with Gasteiger partial charge in [-0.1, -0.05) is 36.4 Å². The molecule has 0 saturated carbocycles. The molecule has 0 spiro atoms. The van der Waals surface area contributed by atoms with E-state index in [4.69, 9.17) is 0 Å². The van der Waals surface area contributed by atoms with Crippen molar-refractivity contribution >= 4 is 18.0 Å². The Bertz CT molecular complexity index is 474. The molecule has 2 N–H and O–H groups in total. The highest BCUT2D eigenvalue weighted by Crippen LogP contribution is 2.36. The first-order valence-electron chi connectivity index (χ1n) is 4.82. The molecule has 0 bridgehead atoms. The van der Waals surface area contributed by atoms with Gasteiger partial charge in [0.1, 0.15) is 0 Å². The number of hydrogen-bond donors (Lipinski definition) is 2. The average molecular weight is 218 g/mol. The van der Waals surface area contributed by atoms with Gasteiger partial charge in [0.2, 0.25) is 0 Å². The predicted octanol–water partition coefficient (Wildman–Crippen LogP) is 1.51. The molecule has 2 rings (SSSR count). The molecule has 1 aromatic rings. The van der Waals surface area contributed by atoms with Crippen LogP contribution in [0, 0.1) is 0 Å².